The van der Waals surface area contributed by atoms with Gasteiger partial charge in [-0.25, -0.2) is 12.8 Å². The molecule has 1 heterocycles. The number of carbonyl (C=O) groups excluding carboxylic acids is 1. The first-order chi connectivity index (χ1) is 15.2. The third-order valence-corrected chi connectivity index (χ3v) is 6.84. The molecule has 0 saturated carbocycles. The van der Waals surface area contributed by atoms with Crippen LogP contribution < -0.4 is 14.8 Å². The first-order valence-corrected chi connectivity index (χ1v) is 11.8. The summed E-state index contributed by atoms with van der Waals surface area (Å²) in [5.74, 6) is -0.581. The average Bonchev–Trinajstić information content (AvgIpc) is 2.76. The molecular formula is C22H28FN3O5S. The van der Waals surface area contributed by atoms with E-state index in [0.717, 1.165) is 24.3 Å². The Morgan fingerprint density at radius 1 is 1.25 bits per heavy atom. The number of aliphatic hydroxyl groups excluding tert-OH is 1. The molecule has 0 fully saturated rings. The van der Waals surface area contributed by atoms with Crippen molar-refractivity contribution in [2.45, 2.75) is 30.9 Å². The Bertz CT molecular complexity index is 1060. The van der Waals surface area contributed by atoms with Crippen LogP contribution in [0.4, 0.5) is 10.1 Å². The molecule has 8 nitrogen and oxygen atoms in total. The number of hydrogen-bond donors (Lipinski definition) is 3. The van der Waals surface area contributed by atoms with Crippen LogP contribution in [0.25, 0.3) is 0 Å². The first-order valence-electron chi connectivity index (χ1n) is 10.3. The molecule has 1 aliphatic rings. The Kier molecular flexibility index (Phi) is 7.37. The second-order valence-corrected chi connectivity index (χ2v) is 9.63. The Morgan fingerprint density at radius 3 is 2.56 bits per heavy atom. The Balaban J connectivity index is 1.99. The highest BCUT2D eigenvalue weighted by atomic mass is 32.2. The molecule has 3 rings (SSSR count). The molecule has 0 saturated heterocycles. The van der Waals surface area contributed by atoms with Gasteiger partial charge >= 0.3 is 0 Å². The van der Waals surface area contributed by atoms with E-state index in [1.165, 1.54) is 12.1 Å². The van der Waals surface area contributed by atoms with Gasteiger partial charge in [0.05, 0.1) is 23.1 Å². The summed E-state index contributed by atoms with van der Waals surface area (Å²) in [5.41, 5.74) is 0.359. The van der Waals surface area contributed by atoms with Gasteiger partial charge in [0.15, 0.2) is 0 Å². The third kappa shape index (κ3) is 5.20. The molecular weight excluding hydrogens is 437 g/mol. The summed E-state index contributed by atoms with van der Waals surface area (Å²) in [6, 6.07) is 8.50. The van der Waals surface area contributed by atoms with E-state index in [9.17, 15) is 22.7 Å². The largest absolute Gasteiger partial charge is 0.488 e. The molecule has 3 N–H and O–H groups in total. The third-order valence-electron chi connectivity index (χ3n) is 5.45. The van der Waals surface area contributed by atoms with Crippen LogP contribution in [0.1, 0.15) is 24.2 Å². The van der Waals surface area contributed by atoms with Crippen LogP contribution in [-0.2, 0) is 10.0 Å². The van der Waals surface area contributed by atoms with Gasteiger partial charge in [0.25, 0.3) is 15.9 Å². The van der Waals surface area contributed by atoms with Gasteiger partial charge in [-0.15, -0.1) is 0 Å². The number of ether oxygens (including phenoxy) is 1. The van der Waals surface area contributed by atoms with Gasteiger partial charge in [-0.05, 0) is 56.4 Å². The molecule has 0 bridgehead atoms. The lowest BCUT2D eigenvalue weighted by Crippen LogP contribution is -2.49. The average molecular weight is 466 g/mol. The molecule has 174 valence electrons. The van der Waals surface area contributed by atoms with Crippen LogP contribution in [-0.4, -0.2) is 63.2 Å². The van der Waals surface area contributed by atoms with Gasteiger partial charge in [-0.1, -0.05) is 6.92 Å². The van der Waals surface area contributed by atoms with E-state index in [2.05, 4.69) is 10.0 Å². The number of carbonyl (C=O) groups is 1. The van der Waals surface area contributed by atoms with E-state index in [0.29, 0.717) is 18.8 Å². The zero-order chi connectivity index (χ0) is 23.5. The maximum atomic E-state index is 13.3. The van der Waals surface area contributed by atoms with Crippen molar-refractivity contribution in [2.24, 2.45) is 5.92 Å². The SMILES string of the molecule is CNC[C@@H]1Oc2ccc(NS(=O)(=O)c3ccc(F)cc3)cc2C(=O)N([C@H](C)CO)C[C@@H]1C. The monoisotopic (exact) mass is 465 g/mol. The van der Waals surface area contributed by atoms with Gasteiger partial charge in [-0.2, -0.15) is 0 Å². The Morgan fingerprint density at radius 2 is 1.94 bits per heavy atom. The van der Waals surface area contributed by atoms with Crippen molar-refractivity contribution in [1.82, 2.24) is 10.2 Å². The number of fused-ring (bicyclic) bond motifs is 1. The van der Waals surface area contributed by atoms with Crippen LogP contribution in [0.2, 0.25) is 0 Å². The number of likely N-dealkylation sites (N-methyl/N-ethyl adjacent to an activating group) is 1. The number of nitrogens with zero attached hydrogens (tertiary/aromatic N) is 1. The van der Waals surface area contributed by atoms with Crippen LogP contribution in [0.5, 0.6) is 5.75 Å². The summed E-state index contributed by atoms with van der Waals surface area (Å²) >= 11 is 0. The maximum Gasteiger partial charge on any atom is 0.261 e. The summed E-state index contributed by atoms with van der Waals surface area (Å²) in [5, 5.41) is 12.8. The fourth-order valence-electron chi connectivity index (χ4n) is 3.56. The minimum atomic E-state index is -3.99. The number of hydrogen-bond acceptors (Lipinski definition) is 6. The molecule has 2 aromatic rings. The van der Waals surface area contributed by atoms with Crippen LogP contribution in [0, 0.1) is 11.7 Å². The fraction of sp³-hybridized carbons (Fsp3) is 0.409. The Labute approximate surface area is 187 Å². The van der Waals surface area contributed by atoms with E-state index in [4.69, 9.17) is 4.74 Å². The second kappa shape index (κ2) is 9.85. The van der Waals surface area contributed by atoms with E-state index >= 15 is 0 Å². The van der Waals surface area contributed by atoms with Gasteiger partial charge < -0.3 is 20.1 Å². The molecule has 1 amide bonds. The van der Waals surface area contributed by atoms with Crippen LogP contribution in [0.3, 0.4) is 0 Å². The smallest absolute Gasteiger partial charge is 0.261 e. The Hall–Kier alpha value is -2.69. The van der Waals surface area contributed by atoms with E-state index < -0.39 is 21.9 Å². The lowest BCUT2D eigenvalue weighted by molar-refractivity contribution is 0.0416. The minimum absolute atomic E-state index is 0.00907. The standard InChI is InChI=1S/C22H28FN3O5S/c1-14-12-26(15(2)13-27)22(28)19-10-17(6-9-20(19)31-21(14)11-24-3)25-32(29,30)18-7-4-16(23)5-8-18/h4-10,14-15,21,24-25,27H,11-13H2,1-3H3/t14-,15+,21-/m0/s1. The summed E-state index contributed by atoms with van der Waals surface area (Å²) < 4.78 is 47.1. The zero-order valence-corrected chi connectivity index (χ0v) is 19.0. The number of amides is 1. The first kappa shape index (κ1) is 24.0. The van der Waals surface area contributed by atoms with Crippen molar-refractivity contribution in [3.05, 3.63) is 53.8 Å². The summed E-state index contributed by atoms with van der Waals surface area (Å²) in [4.78, 5) is 14.8. The highest BCUT2D eigenvalue weighted by Gasteiger charge is 2.33. The maximum absolute atomic E-state index is 13.3. The molecule has 0 aromatic heterocycles. The van der Waals surface area contributed by atoms with E-state index in [-0.39, 0.29) is 40.7 Å². The number of benzene rings is 2. The summed E-state index contributed by atoms with van der Waals surface area (Å²) in [6.07, 6.45) is -0.234. The van der Waals surface area contributed by atoms with Crippen LogP contribution >= 0.6 is 0 Å². The summed E-state index contributed by atoms with van der Waals surface area (Å²) in [6.45, 7) is 4.44. The number of halogens is 1. The number of rotatable bonds is 7. The molecule has 1 aliphatic heterocycles. The zero-order valence-electron chi connectivity index (χ0n) is 18.2. The second-order valence-electron chi connectivity index (χ2n) is 7.95. The van der Waals surface area contributed by atoms with Crippen molar-refractivity contribution in [3.63, 3.8) is 0 Å². The molecule has 32 heavy (non-hydrogen) atoms. The molecule has 3 atom stereocenters. The lowest BCUT2D eigenvalue weighted by atomic mass is 9.99. The van der Waals surface area contributed by atoms with Crippen molar-refractivity contribution < 1.29 is 27.4 Å². The van der Waals surface area contributed by atoms with Crippen molar-refractivity contribution in [1.29, 1.82) is 0 Å². The number of sulfonamides is 1. The summed E-state index contributed by atoms with van der Waals surface area (Å²) in [7, 11) is -2.18. The van der Waals surface area contributed by atoms with Gasteiger partial charge in [0, 0.05) is 24.7 Å². The fourth-order valence-corrected chi connectivity index (χ4v) is 4.61. The quantitative estimate of drug-likeness (QED) is 0.578. The van der Waals surface area contributed by atoms with Crippen molar-refractivity contribution in [2.75, 3.05) is 31.5 Å². The lowest BCUT2D eigenvalue weighted by Gasteiger charge is -2.37. The van der Waals surface area contributed by atoms with Crippen molar-refractivity contribution in [3.8, 4) is 5.75 Å². The van der Waals surface area contributed by atoms with Gasteiger partial charge in [-0.3, -0.25) is 9.52 Å². The van der Waals surface area contributed by atoms with Crippen molar-refractivity contribution >= 4 is 21.6 Å². The predicted octanol–water partition coefficient (Wildman–Crippen LogP) is 2.07. The number of nitrogens with one attached hydrogen (secondary N) is 2. The van der Waals surface area contributed by atoms with Crippen LogP contribution in [0.15, 0.2) is 47.4 Å². The van der Waals surface area contributed by atoms with E-state index in [1.807, 2.05) is 14.0 Å². The number of anilines is 1. The normalized spacial score (nSPS) is 20.0. The molecule has 10 heteroatoms. The highest BCUT2D eigenvalue weighted by molar-refractivity contribution is 7.92. The minimum Gasteiger partial charge on any atom is -0.488 e. The number of aliphatic hydroxyl groups is 1. The molecule has 0 spiro atoms. The molecule has 0 aliphatic carbocycles. The molecule has 2 aromatic carbocycles. The van der Waals surface area contributed by atoms with Gasteiger partial charge in [0.1, 0.15) is 17.7 Å². The van der Waals surface area contributed by atoms with E-state index in [1.54, 1.807) is 17.9 Å². The highest BCUT2D eigenvalue weighted by Crippen LogP contribution is 2.31. The molecule has 0 radical (unpaired) electrons. The van der Waals surface area contributed by atoms with Gasteiger partial charge in [0.2, 0.25) is 0 Å². The molecule has 0 unspecified atom stereocenters. The topological polar surface area (TPSA) is 108 Å². The predicted molar refractivity (Wildman–Crippen MR) is 119 cm³/mol.